The van der Waals surface area contributed by atoms with E-state index in [1.54, 1.807) is 6.08 Å². The zero-order valence-corrected chi connectivity index (χ0v) is 33.9. The molecule has 0 heterocycles. The molecule has 7 heteroatoms. The molecule has 0 aliphatic rings. The Morgan fingerprint density at radius 3 is 1.55 bits per heavy atom. The van der Waals surface area contributed by atoms with Gasteiger partial charge in [-0.3, -0.25) is 0 Å². The van der Waals surface area contributed by atoms with Crippen molar-refractivity contribution in [2.75, 3.05) is 6.61 Å². The number of hydrogen-bond acceptors (Lipinski definition) is 4. The van der Waals surface area contributed by atoms with E-state index < -0.39 is 7.82 Å². The van der Waals surface area contributed by atoms with Gasteiger partial charge in [0.15, 0.2) is 0 Å². The van der Waals surface area contributed by atoms with Crippen molar-refractivity contribution < 1.29 is 78.0 Å². The molecule has 0 aliphatic heterocycles. The first kappa shape index (κ1) is 46.7. The third-order valence-electron chi connectivity index (χ3n) is 6.98. The molecule has 0 amide bonds. The summed E-state index contributed by atoms with van der Waals surface area (Å²) in [6.45, 7) is 19.3. The molecular weight excluding hydrogens is 561 g/mol. The molecule has 0 N–H and O–H groups in total. The van der Waals surface area contributed by atoms with E-state index in [4.69, 9.17) is 0 Å². The van der Waals surface area contributed by atoms with Crippen LogP contribution in [0, 0.1) is 5.92 Å². The molecule has 0 fully saturated rings. The van der Waals surface area contributed by atoms with Crippen LogP contribution in [0.25, 0.3) is 0 Å². The molecule has 0 saturated heterocycles. The summed E-state index contributed by atoms with van der Waals surface area (Å²) in [6.07, 6.45) is 26.1. The topological polar surface area (TPSA) is 72.4 Å². The van der Waals surface area contributed by atoms with Crippen molar-refractivity contribution in [3.63, 3.8) is 0 Å². The summed E-state index contributed by atoms with van der Waals surface area (Å²) in [5.74, 6) is 0.452. The quantitative estimate of drug-likeness (QED) is 0.117. The third kappa shape index (κ3) is 30.3. The fraction of sp³-hybridized carbons (Fsp3) is 0.600. The van der Waals surface area contributed by atoms with Gasteiger partial charge in [0.1, 0.15) is 0 Å². The van der Waals surface area contributed by atoms with Crippen LogP contribution >= 0.6 is 7.82 Å². The normalized spacial score (nSPS) is 14.1. The first-order valence-electron chi connectivity index (χ1n) is 14.9. The molecule has 0 aromatic carbocycles. The van der Waals surface area contributed by atoms with Crippen molar-refractivity contribution in [1.29, 1.82) is 0 Å². The predicted octanol–water partition coefficient (Wildman–Crippen LogP) is 4.02. The van der Waals surface area contributed by atoms with E-state index in [-0.39, 0.29) is 65.7 Å². The Hall–Kier alpha value is 0.290. The van der Waals surface area contributed by atoms with Gasteiger partial charge >= 0.3 is 59.1 Å². The molecule has 1 atom stereocenters. The van der Waals surface area contributed by atoms with Gasteiger partial charge in [-0.05, 0) is 126 Å². The average Bonchev–Trinajstić information content (AvgIpc) is 2.82. The van der Waals surface area contributed by atoms with Crippen LogP contribution in [0.4, 0.5) is 0 Å². The summed E-state index contributed by atoms with van der Waals surface area (Å²) in [5.41, 5.74) is 9.47. The molecule has 0 aliphatic carbocycles. The summed E-state index contributed by atoms with van der Waals surface area (Å²) in [6, 6.07) is 0. The van der Waals surface area contributed by atoms with Gasteiger partial charge in [-0.15, -0.1) is 0 Å². The Balaban J connectivity index is -0.00000760. The predicted molar refractivity (Wildman–Crippen MR) is 171 cm³/mol. The summed E-state index contributed by atoms with van der Waals surface area (Å²) in [7, 11) is -4.93. The van der Waals surface area contributed by atoms with Gasteiger partial charge < -0.3 is 18.9 Å². The number of phosphoric acid groups is 1. The van der Waals surface area contributed by atoms with Gasteiger partial charge in [-0.2, -0.15) is 0 Å². The average molecular weight is 619 g/mol. The van der Waals surface area contributed by atoms with Crippen LogP contribution in [0.1, 0.15) is 127 Å². The fourth-order valence-corrected chi connectivity index (χ4v) is 4.48. The van der Waals surface area contributed by atoms with Crippen LogP contribution in [0.5, 0.6) is 0 Å². The van der Waals surface area contributed by atoms with Crippen molar-refractivity contribution in [3.8, 4) is 0 Å². The molecular formula is C35H57Na2O4P. The Labute approximate surface area is 303 Å². The van der Waals surface area contributed by atoms with Gasteiger partial charge in [0, 0.05) is 0 Å². The second-order valence-electron chi connectivity index (χ2n) is 11.8. The molecule has 0 saturated carbocycles. The van der Waals surface area contributed by atoms with Crippen molar-refractivity contribution in [1.82, 2.24) is 0 Å². The van der Waals surface area contributed by atoms with E-state index in [2.05, 4.69) is 96.4 Å². The first-order valence-corrected chi connectivity index (χ1v) is 16.4. The van der Waals surface area contributed by atoms with Crippen molar-refractivity contribution in [3.05, 3.63) is 81.5 Å². The van der Waals surface area contributed by atoms with Crippen LogP contribution in [0.15, 0.2) is 81.5 Å². The number of phosphoric ester groups is 1. The van der Waals surface area contributed by atoms with Gasteiger partial charge in [0.05, 0.1) is 14.4 Å². The van der Waals surface area contributed by atoms with E-state index >= 15 is 0 Å². The molecule has 228 valence electrons. The molecule has 0 aromatic heterocycles. The smallest absolute Gasteiger partial charge is 0.790 e. The van der Waals surface area contributed by atoms with Crippen LogP contribution in [-0.4, -0.2) is 6.61 Å². The van der Waals surface area contributed by atoms with E-state index in [0.29, 0.717) is 12.3 Å². The van der Waals surface area contributed by atoms with Crippen molar-refractivity contribution in [2.45, 2.75) is 127 Å². The zero-order valence-electron chi connectivity index (χ0n) is 29.0. The second-order valence-corrected chi connectivity index (χ2v) is 12.9. The Kier molecular flexibility index (Phi) is 30.7. The van der Waals surface area contributed by atoms with Crippen LogP contribution < -0.4 is 68.9 Å². The number of allylic oxidation sites excluding steroid dienone is 13. The number of hydrogen-bond donors (Lipinski definition) is 0. The van der Waals surface area contributed by atoms with Crippen molar-refractivity contribution in [2.24, 2.45) is 5.92 Å². The molecule has 0 aromatic rings. The molecule has 0 bridgehead atoms. The molecule has 0 radical (unpaired) electrons. The summed E-state index contributed by atoms with van der Waals surface area (Å²) in [5, 5.41) is 0. The maximum Gasteiger partial charge on any atom is 1.00 e. The van der Waals surface area contributed by atoms with Gasteiger partial charge in [-0.1, -0.05) is 88.5 Å². The summed E-state index contributed by atoms with van der Waals surface area (Å²) in [4.78, 5) is 21.4. The Morgan fingerprint density at radius 1 is 0.619 bits per heavy atom. The molecule has 0 spiro atoms. The molecule has 4 nitrogen and oxygen atoms in total. The monoisotopic (exact) mass is 618 g/mol. The van der Waals surface area contributed by atoms with Crippen molar-refractivity contribution >= 4 is 7.82 Å². The minimum Gasteiger partial charge on any atom is -0.790 e. The van der Waals surface area contributed by atoms with E-state index in [1.165, 1.54) is 33.4 Å². The molecule has 1 unspecified atom stereocenters. The van der Waals surface area contributed by atoms with E-state index in [1.807, 2.05) is 6.92 Å². The summed E-state index contributed by atoms with van der Waals surface area (Å²) < 4.78 is 15.0. The standard InChI is InChI=1S/C35H59O4P.2Na/c1-28(2)14-10-16-30(5)17-12-18-31(6)19-13-20-32(7)22-24-35(34(9)21-11-15-29(3)4)25-23-33(8)26-27-39-40(36,37)38;;/h14-15,17,19,22,25-26,34H,10-13,16,18,20-21,23-24,27H2,1-9H3,(H2,36,37,38);;/q;2*+1/p-2/b30-17+,31-19+,32-22+,33-26+,35-25+;;. The Morgan fingerprint density at radius 2 is 1.07 bits per heavy atom. The van der Waals surface area contributed by atoms with Crippen LogP contribution in [0.2, 0.25) is 0 Å². The Bertz CT molecular complexity index is 1000. The molecule has 42 heavy (non-hydrogen) atoms. The fourth-order valence-electron chi connectivity index (χ4n) is 4.22. The van der Waals surface area contributed by atoms with E-state index in [0.717, 1.165) is 63.4 Å². The minimum atomic E-state index is -4.93. The minimum absolute atomic E-state index is 0. The first-order chi connectivity index (χ1) is 18.7. The summed E-state index contributed by atoms with van der Waals surface area (Å²) >= 11 is 0. The zero-order chi connectivity index (χ0) is 30.6. The molecule has 0 rings (SSSR count). The third-order valence-corrected chi connectivity index (χ3v) is 7.44. The maximum absolute atomic E-state index is 10.7. The SMILES string of the molecule is CC(C)=CCC/C(C)=C/CC/C(C)=C/CC/C(C)=C/C/C(=C\C/C(C)=C/COP(=O)([O-])[O-])C(C)CCC=C(C)C.[Na+].[Na+]. The number of rotatable bonds is 20. The van der Waals surface area contributed by atoms with Gasteiger partial charge in [0.25, 0.3) is 0 Å². The van der Waals surface area contributed by atoms with E-state index in [9.17, 15) is 14.4 Å². The van der Waals surface area contributed by atoms with Crippen LogP contribution in [0.3, 0.4) is 0 Å². The van der Waals surface area contributed by atoms with Gasteiger partial charge in [-0.25, -0.2) is 0 Å². The van der Waals surface area contributed by atoms with Crippen LogP contribution in [-0.2, 0) is 9.09 Å². The maximum atomic E-state index is 10.7. The van der Waals surface area contributed by atoms with Gasteiger partial charge in [0.2, 0.25) is 0 Å². The second kappa shape index (κ2) is 27.6. The largest absolute Gasteiger partial charge is 1.00 e.